The molecule has 1 aliphatic rings. The van der Waals surface area contributed by atoms with Crippen LogP contribution in [0.5, 0.6) is 5.75 Å². The third-order valence-corrected chi connectivity index (χ3v) is 4.33. The predicted molar refractivity (Wildman–Crippen MR) is 89.2 cm³/mol. The molecule has 24 heavy (non-hydrogen) atoms. The molecule has 0 fully saturated rings. The summed E-state index contributed by atoms with van der Waals surface area (Å²) in [6.07, 6.45) is 2.51. The fourth-order valence-electron chi connectivity index (χ4n) is 3.15. The van der Waals surface area contributed by atoms with Crippen molar-refractivity contribution in [2.75, 3.05) is 25.7 Å². The maximum absolute atomic E-state index is 5.36. The van der Waals surface area contributed by atoms with Gasteiger partial charge < -0.3 is 14.4 Å². The number of aromatic nitrogens is 4. The zero-order chi connectivity index (χ0) is 16.5. The van der Waals surface area contributed by atoms with E-state index in [0.717, 1.165) is 36.8 Å². The minimum absolute atomic E-state index is 0.453. The smallest absolute Gasteiger partial charge is 0.254 e. The second kappa shape index (κ2) is 6.09. The van der Waals surface area contributed by atoms with E-state index < -0.39 is 0 Å². The molecular formula is C17H19N5O2. The monoisotopic (exact) mass is 325 g/mol. The molecule has 7 nitrogen and oxygen atoms in total. The summed E-state index contributed by atoms with van der Waals surface area (Å²) >= 11 is 0. The van der Waals surface area contributed by atoms with E-state index in [0.29, 0.717) is 12.4 Å². The molecule has 2 aromatic heterocycles. The van der Waals surface area contributed by atoms with Gasteiger partial charge in [-0.2, -0.15) is 14.6 Å². The van der Waals surface area contributed by atoms with Gasteiger partial charge in [-0.25, -0.2) is 4.98 Å². The number of benzene rings is 1. The van der Waals surface area contributed by atoms with E-state index in [9.17, 15) is 0 Å². The van der Waals surface area contributed by atoms with Gasteiger partial charge in [0.1, 0.15) is 17.9 Å². The number of nitrogens with zero attached hydrogens (tertiary/aromatic N) is 5. The van der Waals surface area contributed by atoms with E-state index in [1.165, 1.54) is 17.5 Å². The highest BCUT2D eigenvalue weighted by Crippen LogP contribution is 2.27. The Balaban J connectivity index is 1.73. The van der Waals surface area contributed by atoms with Gasteiger partial charge in [0.2, 0.25) is 0 Å². The molecule has 0 unspecified atom stereocenters. The van der Waals surface area contributed by atoms with Crippen molar-refractivity contribution in [1.29, 1.82) is 0 Å². The highest BCUT2D eigenvalue weighted by atomic mass is 16.5. The van der Waals surface area contributed by atoms with E-state index in [4.69, 9.17) is 9.47 Å². The fourth-order valence-corrected chi connectivity index (χ4v) is 3.15. The minimum atomic E-state index is 0.453. The number of rotatable bonds is 4. The van der Waals surface area contributed by atoms with Crippen molar-refractivity contribution < 1.29 is 9.47 Å². The Bertz CT molecular complexity index is 877. The van der Waals surface area contributed by atoms with Crippen LogP contribution >= 0.6 is 0 Å². The quantitative estimate of drug-likeness (QED) is 0.729. The molecular weight excluding hydrogens is 306 g/mol. The molecule has 7 heteroatoms. The first-order valence-electron chi connectivity index (χ1n) is 7.88. The topological polar surface area (TPSA) is 64.8 Å². The summed E-state index contributed by atoms with van der Waals surface area (Å²) in [6, 6.07) is 8.31. The summed E-state index contributed by atoms with van der Waals surface area (Å²) in [7, 11) is 3.36. The Hall–Kier alpha value is -2.67. The average molecular weight is 325 g/mol. The van der Waals surface area contributed by atoms with Crippen molar-refractivity contribution in [2.24, 2.45) is 0 Å². The van der Waals surface area contributed by atoms with Crippen molar-refractivity contribution in [3.05, 3.63) is 47.4 Å². The molecule has 0 radical (unpaired) electrons. The van der Waals surface area contributed by atoms with Crippen LogP contribution in [0.3, 0.4) is 0 Å². The number of ether oxygens (including phenoxy) is 2. The first-order valence-corrected chi connectivity index (χ1v) is 7.88. The fraction of sp³-hybridized carbons (Fsp3) is 0.353. The van der Waals surface area contributed by atoms with Gasteiger partial charge in [0.15, 0.2) is 0 Å². The summed E-state index contributed by atoms with van der Waals surface area (Å²) in [5.74, 6) is 2.46. The van der Waals surface area contributed by atoms with Gasteiger partial charge >= 0.3 is 0 Å². The second-order valence-corrected chi connectivity index (χ2v) is 5.82. The molecule has 4 rings (SSSR count). The van der Waals surface area contributed by atoms with Gasteiger partial charge in [-0.3, -0.25) is 0 Å². The van der Waals surface area contributed by atoms with Crippen molar-refractivity contribution in [3.8, 4) is 5.75 Å². The lowest BCUT2D eigenvalue weighted by Crippen LogP contribution is -2.32. The van der Waals surface area contributed by atoms with Gasteiger partial charge in [0.05, 0.1) is 19.4 Å². The predicted octanol–water partition coefficient (Wildman–Crippen LogP) is 1.84. The molecule has 1 aromatic carbocycles. The number of methoxy groups -OCH3 is 2. The summed E-state index contributed by atoms with van der Waals surface area (Å²) in [4.78, 5) is 11.0. The van der Waals surface area contributed by atoms with Crippen molar-refractivity contribution in [2.45, 2.75) is 19.6 Å². The minimum Gasteiger partial charge on any atom is -0.497 e. The van der Waals surface area contributed by atoms with Gasteiger partial charge in [-0.1, -0.05) is 6.07 Å². The molecule has 0 amide bonds. The van der Waals surface area contributed by atoms with Crippen LogP contribution in [-0.2, 0) is 24.3 Å². The van der Waals surface area contributed by atoms with E-state index >= 15 is 0 Å². The highest BCUT2D eigenvalue weighted by molar-refractivity contribution is 5.50. The van der Waals surface area contributed by atoms with Crippen LogP contribution in [0.2, 0.25) is 0 Å². The molecule has 124 valence electrons. The molecule has 0 bridgehead atoms. The number of fused-ring (bicyclic) bond motifs is 2. The summed E-state index contributed by atoms with van der Waals surface area (Å²) < 4.78 is 12.4. The Labute approximate surface area is 139 Å². The van der Waals surface area contributed by atoms with Crippen molar-refractivity contribution >= 4 is 11.6 Å². The van der Waals surface area contributed by atoms with Crippen molar-refractivity contribution in [3.63, 3.8) is 0 Å². The van der Waals surface area contributed by atoms with E-state index in [2.05, 4.69) is 32.1 Å². The zero-order valence-electron chi connectivity index (χ0n) is 13.8. The van der Waals surface area contributed by atoms with Gasteiger partial charge in [0.25, 0.3) is 5.78 Å². The molecule has 3 aromatic rings. The normalized spacial score (nSPS) is 14.0. The van der Waals surface area contributed by atoms with Gasteiger partial charge in [-0.05, 0) is 29.7 Å². The van der Waals surface area contributed by atoms with E-state index in [-0.39, 0.29) is 0 Å². The average Bonchev–Trinajstić information content (AvgIpc) is 3.09. The van der Waals surface area contributed by atoms with Crippen LogP contribution in [-0.4, -0.2) is 40.3 Å². The summed E-state index contributed by atoms with van der Waals surface area (Å²) in [5, 5.41) is 4.32. The summed E-state index contributed by atoms with van der Waals surface area (Å²) in [6.45, 7) is 2.18. The Morgan fingerprint density at radius 3 is 2.92 bits per heavy atom. The van der Waals surface area contributed by atoms with Gasteiger partial charge in [0, 0.05) is 26.3 Å². The van der Waals surface area contributed by atoms with E-state index in [1.54, 1.807) is 18.7 Å². The van der Waals surface area contributed by atoms with Crippen LogP contribution in [0.15, 0.2) is 30.6 Å². The number of anilines is 1. The third-order valence-electron chi connectivity index (χ3n) is 4.33. The lowest BCUT2D eigenvalue weighted by molar-refractivity contribution is 0.181. The van der Waals surface area contributed by atoms with Crippen LogP contribution in [0.25, 0.3) is 5.78 Å². The maximum atomic E-state index is 5.36. The molecule has 0 atom stereocenters. The molecule has 0 saturated carbocycles. The Morgan fingerprint density at radius 1 is 1.17 bits per heavy atom. The first-order chi connectivity index (χ1) is 11.8. The standard InChI is InChI=1S/C17H19N5O2/c1-23-10-14-8-16(22-17(20-14)18-11-19-22)21-6-5-12-3-4-15(24-2)7-13(12)9-21/h3-4,7-8,11H,5-6,9-10H2,1-2H3. The molecule has 1 aliphatic heterocycles. The Kier molecular flexibility index (Phi) is 3.78. The van der Waals surface area contributed by atoms with Crippen molar-refractivity contribution in [1.82, 2.24) is 19.6 Å². The lowest BCUT2D eigenvalue weighted by Gasteiger charge is -2.31. The molecule has 0 saturated heterocycles. The molecule has 0 aliphatic carbocycles. The molecule has 0 spiro atoms. The number of hydrogen-bond donors (Lipinski definition) is 0. The first kappa shape index (κ1) is 14.9. The van der Waals surface area contributed by atoms with Crippen LogP contribution in [0.1, 0.15) is 16.8 Å². The number of hydrogen-bond acceptors (Lipinski definition) is 6. The van der Waals surface area contributed by atoms with Gasteiger partial charge in [-0.15, -0.1) is 0 Å². The SMILES string of the molecule is COCc1cc(N2CCc3ccc(OC)cc3C2)n2ncnc2n1. The Morgan fingerprint density at radius 2 is 2.08 bits per heavy atom. The third kappa shape index (κ3) is 2.56. The van der Waals surface area contributed by atoms with Crippen LogP contribution in [0.4, 0.5) is 5.82 Å². The van der Waals surface area contributed by atoms with Crippen LogP contribution in [0, 0.1) is 0 Å². The molecule has 3 heterocycles. The zero-order valence-corrected chi connectivity index (χ0v) is 13.8. The largest absolute Gasteiger partial charge is 0.497 e. The summed E-state index contributed by atoms with van der Waals surface area (Å²) in [5.41, 5.74) is 3.50. The lowest BCUT2D eigenvalue weighted by atomic mass is 9.99. The highest BCUT2D eigenvalue weighted by Gasteiger charge is 2.20. The second-order valence-electron chi connectivity index (χ2n) is 5.82. The maximum Gasteiger partial charge on any atom is 0.254 e. The van der Waals surface area contributed by atoms with E-state index in [1.807, 2.05) is 12.1 Å². The van der Waals surface area contributed by atoms with Crippen LogP contribution < -0.4 is 9.64 Å². The molecule has 0 N–H and O–H groups in total.